The first-order valence-electron chi connectivity index (χ1n) is 10.9. The predicted octanol–water partition coefficient (Wildman–Crippen LogP) is 3.31. The lowest BCUT2D eigenvalue weighted by Gasteiger charge is -2.43. The van der Waals surface area contributed by atoms with E-state index in [1.165, 1.54) is 30.5 Å². The predicted molar refractivity (Wildman–Crippen MR) is 122 cm³/mol. The van der Waals surface area contributed by atoms with Crippen LogP contribution in [-0.4, -0.2) is 42.7 Å². The zero-order valence-corrected chi connectivity index (χ0v) is 18.6. The van der Waals surface area contributed by atoms with Crippen molar-refractivity contribution >= 4 is 11.5 Å². The molecule has 4 atom stereocenters. The quantitative estimate of drug-likeness (QED) is 0.510. The van der Waals surface area contributed by atoms with E-state index < -0.39 is 17.5 Å². The Balaban J connectivity index is 1.62. The molecule has 33 heavy (non-hydrogen) atoms. The van der Waals surface area contributed by atoms with Crippen molar-refractivity contribution in [2.75, 3.05) is 5.73 Å². The van der Waals surface area contributed by atoms with E-state index in [0.29, 0.717) is 18.4 Å². The molecule has 7 nitrogen and oxygen atoms in total. The average Bonchev–Trinajstić information content (AvgIpc) is 2.78. The second-order valence-electron chi connectivity index (χ2n) is 8.95. The molecule has 3 heterocycles. The summed E-state index contributed by atoms with van der Waals surface area (Å²) in [5, 5.41) is 21.0. The molecule has 4 rings (SSSR count). The Kier molecular flexibility index (Phi) is 6.23. The van der Waals surface area contributed by atoms with Crippen molar-refractivity contribution in [2.24, 2.45) is 5.92 Å². The second-order valence-corrected chi connectivity index (χ2v) is 8.95. The summed E-state index contributed by atoms with van der Waals surface area (Å²) < 4.78 is 14.2. The van der Waals surface area contributed by atoms with Crippen LogP contribution in [0.1, 0.15) is 54.2 Å². The number of halogens is 1. The van der Waals surface area contributed by atoms with Crippen molar-refractivity contribution in [1.29, 1.82) is 0 Å². The van der Waals surface area contributed by atoms with E-state index in [-0.39, 0.29) is 46.8 Å². The fraction of sp³-hybridized carbons (Fsp3) is 0.360. The summed E-state index contributed by atoms with van der Waals surface area (Å²) in [5.41, 5.74) is 7.02. The van der Waals surface area contributed by atoms with Gasteiger partial charge in [0.05, 0.1) is 23.1 Å². The van der Waals surface area contributed by atoms with Gasteiger partial charge >= 0.3 is 0 Å². The Morgan fingerprint density at radius 2 is 2.03 bits per heavy atom. The highest BCUT2D eigenvalue weighted by Crippen LogP contribution is 2.42. The van der Waals surface area contributed by atoms with Crippen LogP contribution in [0, 0.1) is 11.7 Å². The molecule has 172 valence electrons. The molecule has 1 saturated carbocycles. The number of nitrogen functional groups attached to an aromatic ring is 1. The lowest BCUT2D eigenvalue weighted by molar-refractivity contribution is -0.123. The zero-order chi connectivity index (χ0) is 23.8. The number of carbonyl (C=O) groups is 1. The molecule has 4 N–H and O–H groups in total. The number of aliphatic hydroxyl groups excluding tert-OH is 1. The van der Waals surface area contributed by atoms with Gasteiger partial charge in [-0.15, -0.1) is 0 Å². The molecular formula is C25H27FN4O3. The van der Waals surface area contributed by atoms with Crippen LogP contribution in [0.5, 0.6) is 0 Å². The van der Waals surface area contributed by atoms with E-state index in [1.54, 1.807) is 19.3 Å². The van der Waals surface area contributed by atoms with Gasteiger partial charge in [0, 0.05) is 25.0 Å². The van der Waals surface area contributed by atoms with E-state index in [4.69, 9.17) is 5.73 Å². The number of aromatic nitrogens is 3. The van der Waals surface area contributed by atoms with Crippen molar-refractivity contribution in [2.45, 2.75) is 50.7 Å². The Bertz CT molecular complexity index is 1170. The summed E-state index contributed by atoms with van der Waals surface area (Å²) in [6.07, 6.45) is 4.94. The first kappa shape index (κ1) is 22.9. The molecule has 0 amide bonds. The Labute approximate surface area is 191 Å². The van der Waals surface area contributed by atoms with Gasteiger partial charge in [-0.2, -0.15) is 0 Å². The van der Waals surface area contributed by atoms with E-state index in [2.05, 4.69) is 15.0 Å². The number of nitrogens with zero attached hydrogens (tertiary/aromatic N) is 3. The Hall–Kier alpha value is -3.23. The van der Waals surface area contributed by atoms with Gasteiger partial charge in [0.1, 0.15) is 11.4 Å². The molecule has 0 radical (unpaired) electrons. The summed E-state index contributed by atoms with van der Waals surface area (Å²) >= 11 is 0. The largest absolute Gasteiger partial charge is 0.397 e. The van der Waals surface area contributed by atoms with Crippen LogP contribution in [-0.2, 0) is 6.42 Å². The van der Waals surface area contributed by atoms with Crippen LogP contribution in [0.2, 0.25) is 0 Å². The van der Waals surface area contributed by atoms with Gasteiger partial charge in [-0.25, -0.2) is 9.37 Å². The third-order valence-electron chi connectivity index (χ3n) is 6.74. The summed E-state index contributed by atoms with van der Waals surface area (Å²) in [6.45, 7) is 3.57. The van der Waals surface area contributed by atoms with Crippen LogP contribution in [0.15, 0.2) is 48.9 Å². The minimum absolute atomic E-state index is 0.00585. The molecule has 1 aliphatic carbocycles. The highest BCUT2D eigenvalue weighted by molar-refractivity contribution is 6.00. The van der Waals surface area contributed by atoms with Crippen molar-refractivity contribution in [3.8, 4) is 11.4 Å². The fourth-order valence-corrected chi connectivity index (χ4v) is 4.49. The maximum atomic E-state index is 14.2. The standard InChI is InChI=1S/C25H27FN4O3/c1-14-10-15(12-22(32)25(14,2)33)17-7-9-28-13-16(17)11-21(31)24-19(27)5-6-20(30-24)23-18(26)4-3-8-29-23/h3-9,13-15,22,32-33H,10-12,27H2,1-2H3/t14-,15+,22+,25+/m0/s1. The van der Waals surface area contributed by atoms with Gasteiger partial charge in [0.2, 0.25) is 0 Å². The second kappa shape index (κ2) is 8.96. The smallest absolute Gasteiger partial charge is 0.187 e. The van der Waals surface area contributed by atoms with Crippen molar-refractivity contribution in [3.05, 3.63) is 71.6 Å². The molecule has 3 aromatic heterocycles. The van der Waals surface area contributed by atoms with Crippen molar-refractivity contribution < 1.29 is 19.4 Å². The molecule has 3 aromatic rings. The maximum absolute atomic E-state index is 14.2. The molecule has 0 bridgehead atoms. The number of hydrogen-bond donors (Lipinski definition) is 3. The number of rotatable bonds is 5. The molecule has 0 spiro atoms. The van der Waals surface area contributed by atoms with E-state index in [9.17, 15) is 19.4 Å². The normalized spacial score (nSPS) is 25.1. The first-order chi connectivity index (χ1) is 15.7. The average molecular weight is 451 g/mol. The van der Waals surface area contributed by atoms with Crippen molar-refractivity contribution in [1.82, 2.24) is 15.0 Å². The van der Waals surface area contributed by atoms with Crippen LogP contribution in [0.25, 0.3) is 11.4 Å². The summed E-state index contributed by atoms with van der Waals surface area (Å²) in [7, 11) is 0. The van der Waals surface area contributed by atoms with Crippen LogP contribution < -0.4 is 5.73 Å². The number of pyridine rings is 3. The Morgan fingerprint density at radius 3 is 2.76 bits per heavy atom. The van der Waals surface area contributed by atoms with Gasteiger partial charge in [0.25, 0.3) is 0 Å². The number of Topliss-reactive ketones (excluding diaryl/α,β-unsaturated/α-hetero) is 1. The first-order valence-corrected chi connectivity index (χ1v) is 10.9. The van der Waals surface area contributed by atoms with E-state index >= 15 is 0 Å². The monoisotopic (exact) mass is 450 g/mol. The minimum Gasteiger partial charge on any atom is -0.397 e. The SMILES string of the molecule is C[C@H]1C[C@@H](c2ccncc2CC(=O)c2nc(-c3ncccc3F)ccc2N)C[C@@H](O)[C@]1(C)O. The molecule has 8 heteroatoms. The molecule has 0 aromatic carbocycles. The number of ketones is 1. The molecule has 0 saturated heterocycles. The number of carbonyl (C=O) groups excluding carboxylic acids is 1. The van der Waals surface area contributed by atoms with Gasteiger partial charge in [-0.3, -0.25) is 14.8 Å². The highest BCUT2D eigenvalue weighted by atomic mass is 19.1. The fourth-order valence-electron chi connectivity index (χ4n) is 4.49. The minimum atomic E-state index is -1.15. The number of hydrogen-bond acceptors (Lipinski definition) is 7. The highest BCUT2D eigenvalue weighted by Gasteiger charge is 2.43. The number of nitrogens with two attached hydrogens (primary N) is 1. The molecular weight excluding hydrogens is 423 g/mol. The van der Waals surface area contributed by atoms with Gasteiger partial charge < -0.3 is 15.9 Å². The number of aliphatic hydroxyl groups is 2. The summed E-state index contributed by atoms with van der Waals surface area (Å²) in [5.74, 6) is -1.01. The van der Waals surface area contributed by atoms with Crippen LogP contribution in [0.3, 0.4) is 0 Å². The molecule has 1 aliphatic rings. The maximum Gasteiger partial charge on any atom is 0.187 e. The number of anilines is 1. The van der Waals surface area contributed by atoms with E-state index in [1.807, 2.05) is 13.0 Å². The van der Waals surface area contributed by atoms with Crippen LogP contribution >= 0.6 is 0 Å². The van der Waals surface area contributed by atoms with Gasteiger partial charge in [0.15, 0.2) is 11.6 Å². The topological polar surface area (TPSA) is 122 Å². The van der Waals surface area contributed by atoms with Gasteiger partial charge in [-0.1, -0.05) is 6.92 Å². The zero-order valence-electron chi connectivity index (χ0n) is 18.6. The third-order valence-corrected chi connectivity index (χ3v) is 6.74. The Morgan fingerprint density at radius 1 is 1.24 bits per heavy atom. The van der Waals surface area contributed by atoms with Crippen molar-refractivity contribution in [3.63, 3.8) is 0 Å². The van der Waals surface area contributed by atoms with Gasteiger partial charge in [-0.05, 0) is 73.1 Å². The lowest BCUT2D eigenvalue weighted by atomic mass is 9.68. The van der Waals surface area contributed by atoms with Crippen LogP contribution in [0.4, 0.5) is 10.1 Å². The summed E-state index contributed by atoms with van der Waals surface area (Å²) in [4.78, 5) is 25.7. The lowest BCUT2D eigenvalue weighted by Crippen LogP contribution is -2.49. The molecule has 1 fully saturated rings. The summed E-state index contributed by atoms with van der Waals surface area (Å²) in [6, 6.07) is 7.66. The third kappa shape index (κ3) is 4.49. The van der Waals surface area contributed by atoms with E-state index in [0.717, 1.165) is 5.56 Å². The molecule has 0 unspecified atom stereocenters. The molecule has 0 aliphatic heterocycles.